The van der Waals surface area contributed by atoms with Crippen molar-refractivity contribution >= 4 is 23.7 Å². The molecule has 3 amide bonds. The lowest BCUT2D eigenvalue weighted by atomic mass is 9.96. The smallest absolute Gasteiger partial charge is 0.322 e. The minimum absolute atomic E-state index is 0.0571. The van der Waals surface area contributed by atoms with Gasteiger partial charge in [0, 0.05) is 0 Å². The molecule has 0 bridgehead atoms. The quantitative estimate of drug-likeness (QED) is 0.242. The maximum Gasteiger partial charge on any atom is 0.322 e. The predicted molar refractivity (Wildman–Crippen MR) is 103 cm³/mol. The first-order valence-electron chi connectivity index (χ1n) is 9.44. The summed E-state index contributed by atoms with van der Waals surface area (Å²) in [6, 6.07) is -3.09. The molecule has 10 nitrogen and oxygen atoms in total. The number of carboxylic acid groups (broad SMARTS) is 1. The molecule has 28 heavy (non-hydrogen) atoms. The van der Waals surface area contributed by atoms with Gasteiger partial charge in [0.1, 0.15) is 24.7 Å². The van der Waals surface area contributed by atoms with Gasteiger partial charge in [-0.2, -0.15) is 0 Å². The summed E-state index contributed by atoms with van der Waals surface area (Å²) in [5.41, 5.74) is 5.61. The topological polar surface area (TPSA) is 171 Å². The third-order valence-electron chi connectivity index (χ3n) is 4.37. The second kappa shape index (κ2) is 12.3. The number of carboxylic acids is 1. The largest absolute Gasteiger partial charge is 0.480 e. The van der Waals surface area contributed by atoms with Gasteiger partial charge >= 0.3 is 5.97 Å². The molecule has 0 aliphatic rings. The van der Waals surface area contributed by atoms with Gasteiger partial charge in [-0.3, -0.25) is 19.2 Å². The Morgan fingerprint density at radius 1 is 0.964 bits per heavy atom. The normalized spacial score (nSPS) is 16.4. The minimum Gasteiger partial charge on any atom is -0.480 e. The molecule has 0 radical (unpaired) electrons. The van der Waals surface area contributed by atoms with E-state index in [1.165, 1.54) is 6.92 Å². The van der Waals surface area contributed by atoms with Crippen molar-refractivity contribution in [1.82, 2.24) is 16.0 Å². The van der Waals surface area contributed by atoms with Crippen LogP contribution in [0.4, 0.5) is 0 Å². The lowest BCUT2D eigenvalue weighted by Crippen LogP contribution is -2.58. The molecule has 0 aromatic heterocycles. The minimum atomic E-state index is -1.19. The molecule has 0 aromatic rings. The van der Waals surface area contributed by atoms with E-state index >= 15 is 0 Å². The van der Waals surface area contributed by atoms with Crippen LogP contribution in [-0.2, 0) is 19.2 Å². The van der Waals surface area contributed by atoms with Gasteiger partial charge in [-0.25, -0.2) is 0 Å². The van der Waals surface area contributed by atoms with E-state index in [0.29, 0.717) is 12.8 Å². The predicted octanol–water partition coefficient (Wildman–Crippen LogP) is -1.04. The first kappa shape index (κ1) is 25.8. The zero-order valence-electron chi connectivity index (χ0n) is 17.2. The Hall–Kier alpha value is -2.20. The van der Waals surface area contributed by atoms with Gasteiger partial charge in [0.2, 0.25) is 17.7 Å². The fourth-order valence-corrected chi connectivity index (χ4v) is 2.42. The SMILES string of the molecule is CCC(C)C(NC(=O)C(CC(C)C)NC(=O)C(N)C(C)O)C(=O)NCC(=O)O. The van der Waals surface area contributed by atoms with E-state index in [4.69, 9.17) is 10.8 Å². The number of aliphatic carboxylic acids is 1. The van der Waals surface area contributed by atoms with E-state index < -0.39 is 54.5 Å². The van der Waals surface area contributed by atoms with Crippen molar-refractivity contribution in [3.05, 3.63) is 0 Å². The van der Waals surface area contributed by atoms with Crippen molar-refractivity contribution in [1.29, 1.82) is 0 Å². The maximum absolute atomic E-state index is 12.8. The van der Waals surface area contributed by atoms with Crippen molar-refractivity contribution in [2.45, 2.75) is 71.7 Å². The van der Waals surface area contributed by atoms with E-state index in [1.807, 2.05) is 20.8 Å². The van der Waals surface area contributed by atoms with Crippen LogP contribution in [0.5, 0.6) is 0 Å². The highest BCUT2D eigenvalue weighted by atomic mass is 16.4. The zero-order chi connectivity index (χ0) is 22.0. The second-order valence-electron chi connectivity index (χ2n) is 7.44. The Kier molecular flexibility index (Phi) is 11.3. The van der Waals surface area contributed by atoms with Gasteiger partial charge < -0.3 is 31.9 Å². The molecule has 0 fully saturated rings. The van der Waals surface area contributed by atoms with Gasteiger partial charge in [0.15, 0.2) is 0 Å². The number of carbonyl (C=O) groups excluding carboxylic acids is 3. The third kappa shape index (κ3) is 9.14. The van der Waals surface area contributed by atoms with Crippen LogP contribution in [0.2, 0.25) is 0 Å². The van der Waals surface area contributed by atoms with Crippen LogP contribution in [0.1, 0.15) is 47.5 Å². The molecular formula is C18H34N4O6. The molecule has 0 aliphatic heterocycles. The lowest BCUT2D eigenvalue weighted by molar-refractivity contribution is -0.139. The summed E-state index contributed by atoms with van der Waals surface area (Å²) in [5, 5.41) is 25.6. The van der Waals surface area contributed by atoms with E-state index in [1.54, 1.807) is 6.92 Å². The molecule has 162 valence electrons. The lowest BCUT2D eigenvalue weighted by Gasteiger charge is -2.27. The summed E-state index contributed by atoms with van der Waals surface area (Å²) in [6.07, 6.45) is -0.217. The van der Waals surface area contributed by atoms with Crippen LogP contribution in [0.15, 0.2) is 0 Å². The molecule has 0 saturated heterocycles. The number of nitrogens with one attached hydrogen (secondary N) is 3. The molecule has 7 N–H and O–H groups in total. The van der Waals surface area contributed by atoms with E-state index in [2.05, 4.69) is 16.0 Å². The first-order chi connectivity index (χ1) is 12.9. The summed E-state index contributed by atoms with van der Waals surface area (Å²) >= 11 is 0. The molecule has 0 spiro atoms. The van der Waals surface area contributed by atoms with Crippen molar-refractivity contribution in [3.63, 3.8) is 0 Å². The molecule has 5 atom stereocenters. The van der Waals surface area contributed by atoms with Crippen molar-refractivity contribution in [2.24, 2.45) is 17.6 Å². The highest BCUT2D eigenvalue weighted by Crippen LogP contribution is 2.11. The Bertz CT molecular complexity index is 552. The molecule has 5 unspecified atom stereocenters. The van der Waals surface area contributed by atoms with Crippen molar-refractivity contribution < 1.29 is 29.4 Å². The molecule has 0 heterocycles. The summed E-state index contributed by atoms with van der Waals surface area (Å²) < 4.78 is 0. The fourth-order valence-electron chi connectivity index (χ4n) is 2.42. The van der Waals surface area contributed by atoms with Gasteiger partial charge in [0.25, 0.3) is 0 Å². The Morgan fingerprint density at radius 3 is 1.96 bits per heavy atom. The van der Waals surface area contributed by atoms with Crippen LogP contribution in [0.3, 0.4) is 0 Å². The fraction of sp³-hybridized carbons (Fsp3) is 0.778. The van der Waals surface area contributed by atoms with Crippen LogP contribution in [-0.4, -0.2) is 64.7 Å². The monoisotopic (exact) mass is 402 g/mol. The van der Waals surface area contributed by atoms with Crippen LogP contribution in [0, 0.1) is 11.8 Å². The molecular weight excluding hydrogens is 368 g/mol. The standard InChI is InChI=1S/C18H34N4O6/c1-6-10(4)15(18(28)20-8-13(24)25)22-16(26)12(7-9(2)3)21-17(27)14(19)11(5)23/h9-12,14-15,23H,6-8,19H2,1-5H3,(H,20,28)(H,21,27)(H,22,26)(H,24,25). The van der Waals surface area contributed by atoms with Crippen LogP contribution < -0.4 is 21.7 Å². The average Bonchev–Trinajstić information content (AvgIpc) is 2.61. The summed E-state index contributed by atoms with van der Waals surface area (Å²) in [4.78, 5) is 47.9. The molecule has 10 heteroatoms. The Morgan fingerprint density at radius 2 is 1.54 bits per heavy atom. The van der Waals surface area contributed by atoms with E-state index in [0.717, 1.165) is 0 Å². The van der Waals surface area contributed by atoms with E-state index in [-0.39, 0.29) is 11.8 Å². The van der Waals surface area contributed by atoms with Gasteiger partial charge in [0.05, 0.1) is 6.10 Å². The number of carbonyl (C=O) groups is 4. The van der Waals surface area contributed by atoms with Crippen molar-refractivity contribution in [2.75, 3.05) is 6.54 Å². The number of nitrogens with two attached hydrogens (primary N) is 1. The number of rotatable bonds is 12. The molecule has 0 aliphatic carbocycles. The van der Waals surface area contributed by atoms with Crippen molar-refractivity contribution in [3.8, 4) is 0 Å². The Balaban J connectivity index is 5.31. The van der Waals surface area contributed by atoms with Crippen LogP contribution >= 0.6 is 0 Å². The van der Waals surface area contributed by atoms with Crippen LogP contribution in [0.25, 0.3) is 0 Å². The number of amides is 3. The van der Waals surface area contributed by atoms with Gasteiger partial charge in [-0.1, -0.05) is 34.1 Å². The summed E-state index contributed by atoms with van der Waals surface area (Å²) in [7, 11) is 0. The third-order valence-corrected chi connectivity index (χ3v) is 4.37. The number of hydrogen-bond donors (Lipinski definition) is 6. The summed E-state index contributed by atoms with van der Waals surface area (Å²) in [5.74, 6) is -3.25. The number of aliphatic hydroxyl groups excluding tert-OH is 1. The zero-order valence-corrected chi connectivity index (χ0v) is 17.2. The number of aliphatic hydroxyl groups is 1. The summed E-state index contributed by atoms with van der Waals surface area (Å²) in [6.45, 7) is 8.14. The molecule has 0 rings (SSSR count). The first-order valence-corrected chi connectivity index (χ1v) is 9.44. The highest BCUT2D eigenvalue weighted by molar-refractivity contribution is 5.93. The molecule has 0 saturated carbocycles. The van der Waals surface area contributed by atoms with Gasteiger partial charge in [-0.05, 0) is 25.2 Å². The maximum atomic E-state index is 12.8. The second-order valence-corrected chi connectivity index (χ2v) is 7.44. The average molecular weight is 402 g/mol. The highest BCUT2D eigenvalue weighted by Gasteiger charge is 2.31. The van der Waals surface area contributed by atoms with E-state index in [9.17, 15) is 24.3 Å². The Labute approximate surface area is 165 Å². The molecule has 0 aromatic carbocycles. The number of hydrogen-bond acceptors (Lipinski definition) is 6. The van der Waals surface area contributed by atoms with Gasteiger partial charge in [-0.15, -0.1) is 0 Å².